The first-order chi connectivity index (χ1) is 8.06. The number of carbonyl (C=O) groups is 3. The summed E-state index contributed by atoms with van der Waals surface area (Å²) in [6.45, 7) is 3.76. The predicted octanol–water partition coefficient (Wildman–Crippen LogP) is 1.90. The van der Waals surface area contributed by atoms with E-state index >= 15 is 0 Å². The minimum atomic E-state index is -0.296. The van der Waals surface area contributed by atoms with Crippen molar-refractivity contribution < 1.29 is 14.4 Å². The fourth-order valence-corrected chi connectivity index (χ4v) is 1.94. The minimum Gasteiger partial charge on any atom is -0.295 e. The van der Waals surface area contributed by atoms with Crippen LogP contribution in [0.4, 0.5) is 0 Å². The van der Waals surface area contributed by atoms with E-state index in [0.29, 0.717) is 23.2 Å². The highest BCUT2D eigenvalue weighted by Gasteiger charge is 2.34. The summed E-state index contributed by atoms with van der Waals surface area (Å²) in [5.41, 5.74) is 1.20. The molecule has 0 aliphatic carbocycles. The Hall–Kier alpha value is -1.97. The van der Waals surface area contributed by atoms with Crippen LogP contribution in [0.2, 0.25) is 0 Å². The molecule has 2 amide bonds. The summed E-state index contributed by atoms with van der Waals surface area (Å²) < 4.78 is 0. The third-order valence-corrected chi connectivity index (χ3v) is 2.82. The Kier molecular flexibility index (Phi) is 2.79. The second kappa shape index (κ2) is 4.13. The molecule has 0 bridgehead atoms. The molecule has 17 heavy (non-hydrogen) atoms. The summed E-state index contributed by atoms with van der Waals surface area (Å²) in [5.74, 6) is -0.668. The molecule has 4 nitrogen and oxygen atoms in total. The van der Waals surface area contributed by atoms with E-state index in [4.69, 9.17) is 0 Å². The van der Waals surface area contributed by atoms with Crippen LogP contribution < -0.4 is 0 Å². The number of amides is 2. The molecule has 0 spiro atoms. The van der Waals surface area contributed by atoms with Gasteiger partial charge in [0, 0.05) is 12.1 Å². The largest absolute Gasteiger partial charge is 0.295 e. The number of imide groups is 1. The first kappa shape index (κ1) is 11.5. The quantitative estimate of drug-likeness (QED) is 0.589. The highest BCUT2D eigenvalue weighted by molar-refractivity contribution is 6.22. The maximum atomic E-state index is 12.0. The van der Waals surface area contributed by atoms with Gasteiger partial charge < -0.3 is 0 Å². The van der Waals surface area contributed by atoms with Crippen LogP contribution in [0.5, 0.6) is 0 Å². The van der Waals surface area contributed by atoms with Gasteiger partial charge in [0.05, 0.1) is 11.1 Å². The van der Waals surface area contributed by atoms with Gasteiger partial charge in [0.25, 0.3) is 11.8 Å². The molecule has 0 saturated carbocycles. The molecule has 1 heterocycles. The van der Waals surface area contributed by atoms with Gasteiger partial charge in [-0.05, 0) is 25.5 Å². The topological polar surface area (TPSA) is 54.5 Å². The fourth-order valence-electron chi connectivity index (χ4n) is 1.94. The molecule has 0 N–H and O–H groups in total. The lowest BCUT2D eigenvalue weighted by molar-refractivity contribution is 0.0654. The molecule has 1 aliphatic rings. The number of ketones is 1. The third kappa shape index (κ3) is 1.75. The second-order valence-corrected chi connectivity index (χ2v) is 4.08. The van der Waals surface area contributed by atoms with Crippen LogP contribution in [0, 0.1) is 0 Å². The smallest absolute Gasteiger partial charge is 0.261 e. The Morgan fingerprint density at radius 3 is 2.41 bits per heavy atom. The summed E-state index contributed by atoms with van der Waals surface area (Å²) in [7, 11) is 0. The molecular formula is C13H13NO3. The van der Waals surface area contributed by atoms with E-state index in [0.717, 1.165) is 6.42 Å². The molecule has 4 heteroatoms. The van der Waals surface area contributed by atoms with Crippen molar-refractivity contribution in [1.29, 1.82) is 0 Å². The standard InChI is InChI=1S/C13H13NO3/c1-3-6-14-12(16)10-5-4-9(8(2)15)7-11(10)13(14)17/h4-5,7H,3,6H2,1-2H3. The van der Waals surface area contributed by atoms with E-state index in [9.17, 15) is 14.4 Å². The number of Topliss-reactive ketones (excluding diaryl/α,β-unsaturated/α-hetero) is 1. The average molecular weight is 231 g/mol. The van der Waals surface area contributed by atoms with Gasteiger partial charge in [-0.1, -0.05) is 13.0 Å². The Labute approximate surface area is 99.2 Å². The molecule has 0 aromatic heterocycles. The molecule has 1 aromatic carbocycles. The van der Waals surface area contributed by atoms with Gasteiger partial charge in [-0.15, -0.1) is 0 Å². The number of hydrogen-bond acceptors (Lipinski definition) is 3. The van der Waals surface area contributed by atoms with Gasteiger partial charge in [-0.25, -0.2) is 0 Å². The van der Waals surface area contributed by atoms with Gasteiger partial charge in [-0.3, -0.25) is 19.3 Å². The van der Waals surface area contributed by atoms with E-state index in [1.807, 2.05) is 6.92 Å². The molecule has 0 fully saturated rings. The molecule has 0 unspecified atom stereocenters. The van der Waals surface area contributed by atoms with Crippen molar-refractivity contribution in [3.8, 4) is 0 Å². The van der Waals surface area contributed by atoms with Gasteiger partial charge in [0.15, 0.2) is 5.78 Å². The van der Waals surface area contributed by atoms with Crippen molar-refractivity contribution in [3.05, 3.63) is 34.9 Å². The summed E-state index contributed by atoms with van der Waals surface area (Å²) in [4.78, 5) is 36.3. The van der Waals surface area contributed by atoms with Crippen LogP contribution in [0.1, 0.15) is 51.3 Å². The molecule has 0 atom stereocenters. The van der Waals surface area contributed by atoms with Crippen molar-refractivity contribution >= 4 is 17.6 Å². The zero-order chi connectivity index (χ0) is 12.6. The number of rotatable bonds is 3. The normalized spacial score (nSPS) is 14.1. The molecule has 2 rings (SSSR count). The van der Waals surface area contributed by atoms with E-state index in [-0.39, 0.29) is 17.6 Å². The van der Waals surface area contributed by atoms with Crippen LogP contribution in [-0.2, 0) is 0 Å². The Balaban J connectivity index is 2.47. The lowest BCUT2D eigenvalue weighted by Gasteiger charge is -2.11. The molecule has 88 valence electrons. The van der Waals surface area contributed by atoms with E-state index in [1.54, 1.807) is 12.1 Å². The molecule has 0 radical (unpaired) electrons. The number of carbonyl (C=O) groups excluding carboxylic acids is 3. The highest BCUT2D eigenvalue weighted by Crippen LogP contribution is 2.24. The third-order valence-electron chi connectivity index (χ3n) is 2.82. The van der Waals surface area contributed by atoms with Gasteiger partial charge >= 0.3 is 0 Å². The number of hydrogen-bond donors (Lipinski definition) is 0. The second-order valence-electron chi connectivity index (χ2n) is 4.08. The Bertz CT molecular complexity index is 519. The van der Waals surface area contributed by atoms with E-state index in [1.165, 1.54) is 17.9 Å². The number of fused-ring (bicyclic) bond motifs is 1. The summed E-state index contributed by atoms with van der Waals surface area (Å²) >= 11 is 0. The van der Waals surface area contributed by atoms with Crippen LogP contribution in [0.15, 0.2) is 18.2 Å². The van der Waals surface area contributed by atoms with E-state index < -0.39 is 0 Å². The summed E-state index contributed by atoms with van der Waals surface area (Å²) in [6, 6.07) is 4.65. The van der Waals surface area contributed by atoms with Crippen molar-refractivity contribution in [2.24, 2.45) is 0 Å². The first-order valence-corrected chi connectivity index (χ1v) is 5.57. The molecular weight excluding hydrogens is 218 g/mol. The number of nitrogens with zero attached hydrogens (tertiary/aromatic N) is 1. The van der Waals surface area contributed by atoms with Crippen LogP contribution in [0.3, 0.4) is 0 Å². The van der Waals surface area contributed by atoms with Crippen LogP contribution >= 0.6 is 0 Å². The Morgan fingerprint density at radius 2 is 1.82 bits per heavy atom. The van der Waals surface area contributed by atoms with Crippen molar-refractivity contribution in [2.75, 3.05) is 6.54 Å². The first-order valence-electron chi connectivity index (χ1n) is 5.57. The van der Waals surface area contributed by atoms with E-state index in [2.05, 4.69) is 0 Å². The maximum absolute atomic E-state index is 12.0. The minimum absolute atomic E-state index is 0.109. The zero-order valence-electron chi connectivity index (χ0n) is 9.82. The number of benzene rings is 1. The highest BCUT2D eigenvalue weighted by atomic mass is 16.2. The average Bonchev–Trinajstić information content (AvgIpc) is 2.54. The van der Waals surface area contributed by atoms with Crippen LogP contribution in [0.25, 0.3) is 0 Å². The Morgan fingerprint density at radius 1 is 1.18 bits per heavy atom. The predicted molar refractivity (Wildman–Crippen MR) is 62.1 cm³/mol. The van der Waals surface area contributed by atoms with Gasteiger partial charge in [0.2, 0.25) is 0 Å². The SMILES string of the molecule is CCCN1C(=O)c2ccc(C(C)=O)cc2C1=O. The lowest BCUT2D eigenvalue weighted by atomic mass is 10.0. The monoisotopic (exact) mass is 231 g/mol. The van der Waals surface area contributed by atoms with Crippen LogP contribution in [-0.4, -0.2) is 29.0 Å². The lowest BCUT2D eigenvalue weighted by Crippen LogP contribution is -2.30. The summed E-state index contributed by atoms with van der Waals surface area (Å²) in [6.07, 6.45) is 0.727. The van der Waals surface area contributed by atoms with Gasteiger partial charge in [-0.2, -0.15) is 0 Å². The fraction of sp³-hybridized carbons (Fsp3) is 0.308. The summed E-state index contributed by atoms with van der Waals surface area (Å²) in [5, 5.41) is 0. The zero-order valence-corrected chi connectivity index (χ0v) is 9.82. The van der Waals surface area contributed by atoms with Gasteiger partial charge in [0.1, 0.15) is 0 Å². The van der Waals surface area contributed by atoms with Crippen molar-refractivity contribution in [3.63, 3.8) is 0 Å². The van der Waals surface area contributed by atoms with Crippen molar-refractivity contribution in [2.45, 2.75) is 20.3 Å². The molecule has 1 aliphatic heterocycles. The maximum Gasteiger partial charge on any atom is 0.261 e. The molecule has 0 saturated heterocycles. The van der Waals surface area contributed by atoms with Crippen molar-refractivity contribution in [1.82, 2.24) is 4.90 Å². The molecule has 1 aromatic rings.